The Labute approximate surface area is 174 Å². The molecule has 0 fully saturated rings. The van der Waals surface area contributed by atoms with E-state index >= 15 is 0 Å². The Morgan fingerprint density at radius 3 is 1.32 bits per heavy atom. The van der Waals surface area contributed by atoms with Gasteiger partial charge in [-0.05, 0) is 47.0 Å². The summed E-state index contributed by atoms with van der Waals surface area (Å²) in [5.41, 5.74) is 0. The van der Waals surface area contributed by atoms with Crippen LogP contribution in [0.3, 0.4) is 0 Å². The topological polar surface area (TPSA) is 115 Å². The number of carbonyl (C=O) groups excluding carboxylic acids is 2. The molecule has 8 nitrogen and oxygen atoms in total. The van der Waals surface area contributed by atoms with Crippen molar-refractivity contribution in [2.45, 2.75) is 53.4 Å². The molecule has 0 spiro atoms. The summed E-state index contributed by atoms with van der Waals surface area (Å²) in [6, 6.07) is 0. The first-order chi connectivity index (χ1) is 13.3. The van der Waals surface area contributed by atoms with Crippen molar-refractivity contribution in [2.75, 3.05) is 50.9 Å². The predicted molar refractivity (Wildman–Crippen MR) is 115 cm³/mol. The van der Waals surface area contributed by atoms with E-state index in [1.54, 1.807) is 4.90 Å². The maximum atomic E-state index is 11.5. The molecule has 0 aliphatic carbocycles. The lowest BCUT2D eigenvalue weighted by molar-refractivity contribution is 0.226. The van der Waals surface area contributed by atoms with E-state index in [-0.39, 0.29) is 29.4 Å². The van der Waals surface area contributed by atoms with Crippen LogP contribution in [0.2, 0.25) is 0 Å². The molecule has 0 bridgehead atoms. The second-order valence-corrected chi connectivity index (χ2v) is 8.73. The van der Waals surface area contributed by atoms with Gasteiger partial charge >= 0.3 is 10.5 Å². The molecular weight excluding hydrogens is 404 g/mol. The van der Waals surface area contributed by atoms with E-state index in [2.05, 4.69) is 0 Å². The van der Waals surface area contributed by atoms with Gasteiger partial charge in [-0.1, -0.05) is 6.42 Å². The van der Waals surface area contributed by atoms with Gasteiger partial charge in [0.25, 0.3) is 0 Å². The molecule has 2 N–H and O–H groups in total. The van der Waals surface area contributed by atoms with Gasteiger partial charge in [-0.3, -0.25) is 9.59 Å². The Bertz CT molecular complexity index is 469. The lowest BCUT2D eigenvalue weighted by Gasteiger charge is -2.17. The van der Waals surface area contributed by atoms with Gasteiger partial charge in [-0.2, -0.15) is 0 Å². The van der Waals surface area contributed by atoms with Crippen molar-refractivity contribution in [3.63, 3.8) is 0 Å². The van der Waals surface area contributed by atoms with Crippen LogP contribution in [0.1, 0.15) is 53.4 Å². The monoisotopic (exact) mass is 442 g/mol. The zero-order valence-corrected chi connectivity index (χ0v) is 19.4. The van der Waals surface area contributed by atoms with Gasteiger partial charge in [-0.25, -0.2) is 8.42 Å². The van der Waals surface area contributed by atoms with Crippen LogP contribution in [0.4, 0.5) is 9.59 Å². The van der Waals surface area contributed by atoms with Gasteiger partial charge in [0.05, 0.1) is 0 Å². The SMILES string of the molecule is CCN(CC)C(=O)S(=O)CCCCCO.CCN(CC)C(=O)S(=O)CCCO. The van der Waals surface area contributed by atoms with Crippen molar-refractivity contribution in [1.82, 2.24) is 9.80 Å². The van der Waals surface area contributed by atoms with Crippen LogP contribution in [-0.2, 0) is 21.6 Å². The third-order valence-corrected chi connectivity index (χ3v) is 6.52. The number of unbranched alkanes of at least 4 members (excludes halogenated alkanes) is 2. The van der Waals surface area contributed by atoms with Crippen LogP contribution in [0.15, 0.2) is 0 Å². The Balaban J connectivity index is 0. The minimum absolute atomic E-state index is 0.0166. The van der Waals surface area contributed by atoms with Crippen molar-refractivity contribution in [2.24, 2.45) is 0 Å². The molecule has 2 amide bonds. The fraction of sp³-hybridized carbons (Fsp3) is 0.889. The summed E-state index contributed by atoms with van der Waals surface area (Å²) in [6.07, 6.45) is 2.70. The molecule has 10 heteroatoms. The summed E-state index contributed by atoms with van der Waals surface area (Å²) in [6.45, 7) is 9.99. The van der Waals surface area contributed by atoms with Crippen molar-refractivity contribution >= 4 is 32.1 Å². The standard InChI is InChI=1S/C10H21NO3S.C8H17NO3S/c1-3-11(4-2)10(13)15(14)9-7-5-6-8-12;1-3-9(4-2)8(11)13(12)7-5-6-10/h12H,3-9H2,1-2H3;10H,3-7H2,1-2H3. The van der Waals surface area contributed by atoms with E-state index in [1.807, 2.05) is 27.7 Å². The predicted octanol–water partition coefficient (Wildman–Crippen LogP) is 1.94. The summed E-state index contributed by atoms with van der Waals surface area (Å²) < 4.78 is 22.8. The molecule has 168 valence electrons. The molecule has 0 radical (unpaired) electrons. The Hall–Kier alpha value is -0.840. The van der Waals surface area contributed by atoms with Crippen LogP contribution in [0, 0.1) is 0 Å². The summed E-state index contributed by atoms with van der Waals surface area (Å²) in [5, 5.41) is 16.5. The molecule has 0 aliphatic rings. The summed E-state index contributed by atoms with van der Waals surface area (Å²) in [4.78, 5) is 26.0. The van der Waals surface area contributed by atoms with E-state index in [0.29, 0.717) is 38.4 Å². The van der Waals surface area contributed by atoms with Gasteiger partial charge in [0.2, 0.25) is 0 Å². The minimum atomic E-state index is -1.47. The van der Waals surface area contributed by atoms with Crippen molar-refractivity contribution in [3.05, 3.63) is 0 Å². The van der Waals surface area contributed by atoms with Crippen molar-refractivity contribution in [1.29, 1.82) is 0 Å². The number of aliphatic hydroxyl groups excluding tert-OH is 2. The highest BCUT2D eigenvalue weighted by Crippen LogP contribution is 2.02. The fourth-order valence-corrected chi connectivity index (χ4v) is 4.44. The van der Waals surface area contributed by atoms with Crippen LogP contribution < -0.4 is 0 Å². The van der Waals surface area contributed by atoms with Gasteiger partial charge < -0.3 is 20.0 Å². The van der Waals surface area contributed by atoms with E-state index in [1.165, 1.54) is 4.90 Å². The smallest absolute Gasteiger partial charge is 0.311 e. The molecule has 0 aromatic heterocycles. The molecule has 0 aromatic rings. The number of aliphatic hydroxyl groups is 2. The van der Waals surface area contributed by atoms with Gasteiger partial charge in [0.15, 0.2) is 0 Å². The summed E-state index contributed by atoms with van der Waals surface area (Å²) in [5.74, 6) is 0.668. The minimum Gasteiger partial charge on any atom is -0.396 e. The number of carbonyl (C=O) groups is 2. The fourth-order valence-electron chi connectivity index (χ4n) is 2.14. The number of rotatable bonds is 12. The zero-order chi connectivity index (χ0) is 21.9. The van der Waals surface area contributed by atoms with Crippen LogP contribution >= 0.6 is 0 Å². The van der Waals surface area contributed by atoms with Crippen LogP contribution in [0.25, 0.3) is 0 Å². The average molecular weight is 443 g/mol. The van der Waals surface area contributed by atoms with E-state index in [4.69, 9.17) is 10.2 Å². The first-order valence-corrected chi connectivity index (χ1v) is 12.5. The largest absolute Gasteiger partial charge is 0.396 e. The highest BCUT2D eigenvalue weighted by Gasteiger charge is 2.17. The summed E-state index contributed by atoms with van der Waals surface area (Å²) in [7, 11) is -2.86. The van der Waals surface area contributed by atoms with E-state index < -0.39 is 21.6 Å². The van der Waals surface area contributed by atoms with Crippen molar-refractivity contribution < 1.29 is 28.2 Å². The lowest BCUT2D eigenvalue weighted by Crippen LogP contribution is -2.33. The Morgan fingerprint density at radius 1 is 0.643 bits per heavy atom. The van der Waals surface area contributed by atoms with Gasteiger partial charge in [0.1, 0.15) is 21.6 Å². The number of hydrogen-bond acceptors (Lipinski definition) is 6. The molecule has 0 aliphatic heterocycles. The quantitative estimate of drug-likeness (QED) is 0.446. The van der Waals surface area contributed by atoms with Crippen molar-refractivity contribution in [3.8, 4) is 0 Å². The zero-order valence-electron chi connectivity index (χ0n) is 17.7. The van der Waals surface area contributed by atoms with Gasteiger partial charge in [0, 0.05) is 50.9 Å². The molecule has 2 atom stereocenters. The van der Waals surface area contributed by atoms with Crippen LogP contribution in [0.5, 0.6) is 0 Å². The molecule has 0 saturated heterocycles. The Kier molecular flexibility index (Phi) is 20.4. The molecule has 28 heavy (non-hydrogen) atoms. The highest BCUT2D eigenvalue weighted by molar-refractivity contribution is 8.00. The number of hydrogen-bond donors (Lipinski definition) is 2. The van der Waals surface area contributed by atoms with Crippen LogP contribution in [-0.4, -0.2) is 89.8 Å². The average Bonchev–Trinajstić information content (AvgIpc) is 2.71. The highest BCUT2D eigenvalue weighted by atomic mass is 32.2. The first-order valence-electron chi connectivity index (χ1n) is 9.90. The molecule has 2 unspecified atom stereocenters. The first kappa shape index (κ1) is 29.4. The molecule has 0 aromatic carbocycles. The maximum absolute atomic E-state index is 11.5. The normalized spacial score (nSPS) is 12.5. The molecular formula is C18H38N2O6S2. The molecule has 0 rings (SSSR count). The second-order valence-electron chi connectivity index (χ2n) is 5.84. The Morgan fingerprint density at radius 2 is 1.00 bits per heavy atom. The van der Waals surface area contributed by atoms with Gasteiger partial charge in [-0.15, -0.1) is 0 Å². The third kappa shape index (κ3) is 13.4. The number of amides is 2. The maximum Gasteiger partial charge on any atom is 0.311 e. The lowest BCUT2D eigenvalue weighted by atomic mass is 10.3. The number of nitrogens with zero attached hydrogens (tertiary/aromatic N) is 2. The van der Waals surface area contributed by atoms with E-state index in [0.717, 1.165) is 19.3 Å². The summed E-state index contributed by atoms with van der Waals surface area (Å²) >= 11 is 0. The second kappa shape index (κ2) is 19.5. The molecule has 0 saturated carbocycles. The van der Waals surface area contributed by atoms with E-state index in [9.17, 15) is 18.0 Å². The third-order valence-electron chi connectivity index (χ3n) is 3.91. The molecule has 0 heterocycles.